The van der Waals surface area contributed by atoms with Crippen molar-refractivity contribution in [3.8, 4) is 6.01 Å². The summed E-state index contributed by atoms with van der Waals surface area (Å²) in [6.45, 7) is 8.76. The van der Waals surface area contributed by atoms with E-state index in [-0.39, 0.29) is 16.9 Å². The highest BCUT2D eigenvalue weighted by Gasteiger charge is 2.17. The first-order valence-electron chi connectivity index (χ1n) is 6.87. The molecule has 0 unspecified atom stereocenters. The van der Waals surface area contributed by atoms with E-state index in [1.54, 1.807) is 0 Å². The van der Waals surface area contributed by atoms with Crippen molar-refractivity contribution in [3.63, 3.8) is 0 Å². The van der Waals surface area contributed by atoms with Gasteiger partial charge in [0.1, 0.15) is 6.61 Å². The van der Waals surface area contributed by atoms with E-state index in [0.717, 1.165) is 25.9 Å². The summed E-state index contributed by atoms with van der Waals surface area (Å²) >= 11 is 5.91. The van der Waals surface area contributed by atoms with Gasteiger partial charge in [-0.05, 0) is 45.2 Å². The SMILES string of the molecule is CC(C)(C)OCCOc1nc(Cl)nc(N2CCCC2)n1. The highest BCUT2D eigenvalue weighted by Crippen LogP contribution is 2.19. The predicted octanol–water partition coefficient (Wildman–Crippen LogP) is 2.32. The Balaban J connectivity index is 1.91. The molecule has 0 bridgehead atoms. The summed E-state index contributed by atoms with van der Waals surface area (Å²) in [5, 5.41) is 0.161. The molecular formula is C13H21ClN4O2. The summed E-state index contributed by atoms with van der Waals surface area (Å²) in [6, 6.07) is 0.254. The van der Waals surface area contributed by atoms with Gasteiger partial charge in [0.25, 0.3) is 0 Å². The topological polar surface area (TPSA) is 60.4 Å². The molecule has 1 fully saturated rings. The summed E-state index contributed by atoms with van der Waals surface area (Å²) in [6.07, 6.45) is 2.30. The maximum absolute atomic E-state index is 5.91. The highest BCUT2D eigenvalue weighted by molar-refractivity contribution is 6.28. The van der Waals surface area contributed by atoms with Gasteiger partial charge in [0.05, 0.1) is 12.2 Å². The molecule has 0 aliphatic carbocycles. The fourth-order valence-corrected chi connectivity index (χ4v) is 2.07. The second kappa shape index (κ2) is 6.54. The molecule has 1 aliphatic heterocycles. The zero-order valence-corrected chi connectivity index (χ0v) is 13.0. The minimum absolute atomic E-state index is 0.161. The Morgan fingerprint density at radius 3 is 2.45 bits per heavy atom. The molecule has 2 heterocycles. The van der Waals surface area contributed by atoms with Crippen LogP contribution in [0.1, 0.15) is 33.6 Å². The average Bonchev–Trinajstić information content (AvgIpc) is 2.86. The minimum Gasteiger partial charge on any atom is -0.461 e. The van der Waals surface area contributed by atoms with E-state index in [0.29, 0.717) is 19.2 Å². The number of hydrogen-bond donors (Lipinski definition) is 0. The van der Waals surface area contributed by atoms with Gasteiger partial charge in [-0.2, -0.15) is 15.0 Å². The average molecular weight is 301 g/mol. The van der Waals surface area contributed by atoms with Crippen LogP contribution in [0, 0.1) is 0 Å². The van der Waals surface area contributed by atoms with Gasteiger partial charge in [0, 0.05) is 13.1 Å². The molecule has 20 heavy (non-hydrogen) atoms. The summed E-state index contributed by atoms with van der Waals surface area (Å²) in [5.41, 5.74) is -0.180. The number of rotatable bonds is 5. The Kier molecular flexibility index (Phi) is 4.99. The molecule has 0 saturated carbocycles. The van der Waals surface area contributed by atoms with Crippen LogP contribution in [0.4, 0.5) is 5.95 Å². The normalized spacial score (nSPS) is 15.7. The third-order valence-corrected chi connectivity index (χ3v) is 2.98. The van der Waals surface area contributed by atoms with Crippen molar-refractivity contribution in [1.29, 1.82) is 0 Å². The molecule has 1 saturated heterocycles. The monoisotopic (exact) mass is 300 g/mol. The van der Waals surface area contributed by atoms with Crippen LogP contribution in [0.3, 0.4) is 0 Å². The highest BCUT2D eigenvalue weighted by atomic mass is 35.5. The van der Waals surface area contributed by atoms with Crippen LogP contribution in [-0.4, -0.2) is 46.9 Å². The van der Waals surface area contributed by atoms with E-state index >= 15 is 0 Å². The summed E-state index contributed by atoms with van der Waals surface area (Å²) < 4.78 is 11.1. The first-order valence-corrected chi connectivity index (χ1v) is 7.25. The van der Waals surface area contributed by atoms with Gasteiger partial charge in [-0.1, -0.05) is 0 Å². The summed E-state index contributed by atoms with van der Waals surface area (Å²) in [4.78, 5) is 14.5. The Morgan fingerprint density at radius 1 is 1.10 bits per heavy atom. The number of ether oxygens (including phenoxy) is 2. The Hall–Kier alpha value is -1.14. The van der Waals surface area contributed by atoms with Crippen LogP contribution in [-0.2, 0) is 4.74 Å². The van der Waals surface area contributed by atoms with Crippen LogP contribution in [0.25, 0.3) is 0 Å². The first kappa shape index (κ1) is 15.3. The van der Waals surface area contributed by atoms with Crippen LogP contribution < -0.4 is 9.64 Å². The molecule has 1 aromatic rings. The second-order valence-electron chi connectivity index (χ2n) is 5.69. The molecule has 7 heteroatoms. The van der Waals surface area contributed by atoms with E-state index in [4.69, 9.17) is 21.1 Å². The molecule has 1 aromatic heterocycles. The molecule has 112 valence electrons. The molecular weight excluding hydrogens is 280 g/mol. The quantitative estimate of drug-likeness (QED) is 0.778. The van der Waals surface area contributed by atoms with Gasteiger partial charge in [-0.25, -0.2) is 0 Å². The van der Waals surface area contributed by atoms with E-state index in [1.807, 2.05) is 20.8 Å². The van der Waals surface area contributed by atoms with Gasteiger partial charge in [-0.3, -0.25) is 0 Å². The van der Waals surface area contributed by atoms with Crippen LogP contribution in [0.5, 0.6) is 6.01 Å². The number of aromatic nitrogens is 3. The van der Waals surface area contributed by atoms with E-state index in [9.17, 15) is 0 Å². The fraction of sp³-hybridized carbons (Fsp3) is 0.769. The van der Waals surface area contributed by atoms with E-state index in [1.165, 1.54) is 0 Å². The van der Waals surface area contributed by atoms with Crippen molar-refractivity contribution in [2.75, 3.05) is 31.2 Å². The third kappa shape index (κ3) is 4.76. The van der Waals surface area contributed by atoms with Crippen molar-refractivity contribution >= 4 is 17.5 Å². The fourth-order valence-electron chi connectivity index (χ4n) is 1.93. The van der Waals surface area contributed by atoms with Gasteiger partial charge in [0.15, 0.2) is 0 Å². The van der Waals surface area contributed by atoms with Crippen molar-refractivity contribution in [1.82, 2.24) is 15.0 Å². The molecule has 6 nitrogen and oxygen atoms in total. The number of halogens is 1. The van der Waals surface area contributed by atoms with Gasteiger partial charge < -0.3 is 14.4 Å². The summed E-state index contributed by atoms with van der Waals surface area (Å²) in [7, 11) is 0. The molecule has 0 N–H and O–H groups in total. The zero-order chi connectivity index (χ0) is 14.6. The van der Waals surface area contributed by atoms with Gasteiger partial charge in [-0.15, -0.1) is 0 Å². The molecule has 0 radical (unpaired) electrons. The lowest BCUT2D eigenvalue weighted by Gasteiger charge is -2.19. The maximum Gasteiger partial charge on any atom is 0.322 e. The molecule has 2 rings (SSSR count). The maximum atomic E-state index is 5.91. The van der Waals surface area contributed by atoms with E-state index in [2.05, 4.69) is 19.9 Å². The molecule has 0 atom stereocenters. The molecule has 0 amide bonds. The van der Waals surface area contributed by atoms with Crippen LogP contribution in [0.2, 0.25) is 5.28 Å². The largest absolute Gasteiger partial charge is 0.461 e. The number of anilines is 1. The lowest BCUT2D eigenvalue weighted by Crippen LogP contribution is -2.23. The second-order valence-corrected chi connectivity index (χ2v) is 6.03. The van der Waals surface area contributed by atoms with Crippen molar-refractivity contribution in [2.45, 2.75) is 39.2 Å². The van der Waals surface area contributed by atoms with Gasteiger partial charge in [0.2, 0.25) is 11.2 Å². The lowest BCUT2D eigenvalue weighted by molar-refractivity contribution is -0.0173. The standard InChI is InChI=1S/C13H21ClN4O2/c1-13(2,3)20-9-8-19-12-16-10(14)15-11(17-12)18-6-4-5-7-18/h4-9H2,1-3H3. The molecule has 0 aromatic carbocycles. The van der Waals surface area contributed by atoms with Gasteiger partial charge >= 0.3 is 6.01 Å². The zero-order valence-electron chi connectivity index (χ0n) is 12.2. The predicted molar refractivity (Wildman–Crippen MR) is 77.5 cm³/mol. The lowest BCUT2D eigenvalue weighted by atomic mass is 10.2. The van der Waals surface area contributed by atoms with Crippen molar-refractivity contribution < 1.29 is 9.47 Å². The first-order chi connectivity index (χ1) is 9.44. The Morgan fingerprint density at radius 2 is 1.80 bits per heavy atom. The molecule has 1 aliphatic rings. The van der Waals surface area contributed by atoms with E-state index < -0.39 is 0 Å². The van der Waals surface area contributed by atoms with Crippen LogP contribution in [0.15, 0.2) is 0 Å². The smallest absolute Gasteiger partial charge is 0.322 e. The minimum atomic E-state index is -0.180. The van der Waals surface area contributed by atoms with Crippen molar-refractivity contribution in [2.24, 2.45) is 0 Å². The third-order valence-electron chi connectivity index (χ3n) is 2.81. The summed E-state index contributed by atoms with van der Waals surface area (Å²) in [5.74, 6) is 0.592. The van der Waals surface area contributed by atoms with Crippen molar-refractivity contribution in [3.05, 3.63) is 5.28 Å². The molecule has 0 spiro atoms. The Labute approximate surface area is 124 Å². The van der Waals surface area contributed by atoms with Crippen LogP contribution >= 0.6 is 11.6 Å². The number of hydrogen-bond acceptors (Lipinski definition) is 6. The number of nitrogens with zero attached hydrogens (tertiary/aromatic N) is 4. The Bertz CT molecular complexity index is 444.